The molecular formula is C13H27N3O. The Balaban J connectivity index is 1.97. The number of hydrogen-bond donors (Lipinski definition) is 1. The highest BCUT2D eigenvalue weighted by Crippen LogP contribution is 2.39. The molecule has 0 bridgehead atoms. The van der Waals surface area contributed by atoms with E-state index in [0.717, 1.165) is 32.5 Å². The lowest BCUT2D eigenvalue weighted by Crippen LogP contribution is -2.68. The molecule has 1 saturated carbocycles. The Morgan fingerprint density at radius 3 is 2.59 bits per heavy atom. The molecule has 0 aromatic heterocycles. The monoisotopic (exact) mass is 241 g/mol. The summed E-state index contributed by atoms with van der Waals surface area (Å²) in [5.74, 6) is 0. The van der Waals surface area contributed by atoms with Gasteiger partial charge in [-0.05, 0) is 26.3 Å². The Morgan fingerprint density at radius 1 is 1.35 bits per heavy atom. The number of piperazine rings is 1. The summed E-state index contributed by atoms with van der Waals surface area (Å²) in [6.45, 7) is 6.53. The van der Waals surface area contributed by atoms with Gasteiger partial charge in [0.2, 0.25) is 0 Å². The maximum absolute atomic E-state index is 6.03. The lowest BCUT2D eigenvalue weighted by Gasteiger charge is -2.56. The van der Waals surface area contributed by atoms with Gasteiger partial charge in [0.25, 0.3) is 0 Å². The van der Waals surface area contributed by atoms with E-state index in [9.17, 15) is 0 Å². The summed E-state index contributed by atoms with van der Waals surface area (Å²) in [4.78, 5) is 5.10. The average molecular weight is 241 g/mol. The second-order valence-corrected chi connectivity index (χ2v) is 5.68. The first-order valence-electron chi connectivity index (χ1n) is 6.83. The van der Waals surface area contributed by atoms with Crippen LogP contribution in [0, 0.1) is 0 Å². The Labute approximate surface area is 105 Å². The fourth-order valence-electron chi connectivity index (χ4n) is 3.33. The van der Waals surface area contributed by atoms with Crippen LogP contribution in [-0.4, -0.2) is 67.8 Å². The van der Waals surface area contributed by atoms with Crippen molar-refractivity contribution in [1.29, 1.82) is 0 Å². The number of nitrogens with zero attached hydrogens (tertiary/aromatic N) is 2. The van der Waals surface area contributed by atoms with Crippen molar-refractivity contribution >= 4 is 0 Å². The van der Waals surface area contributed by atoms with Crippen molar-refractivity contribution in [3.63, 3.8) is 0 Å². The lowest BCUT2D eigenvalue weighted by atomic mass is 9.72. The number of methoxy groups -OCH3 is 1. The van der Waals surface area contributed by atoms with E-state index in [0.29, 0.717) is 12.1 Å². The van der Waals surface area contributed by atoms with Crippen molar-refractivity contribution in [2.75, 3.05) is 40.3 Å². The summed E-state index contributed by atoms with van der Waals surface area (Å²) >= 11 is 0. The Hall–Kier alpha value is -0.160. The molecular weight excluding hydrogens is 214 g/mol. The van der Waals surface area contributed by atoms with Gasteiger partial charge in [0, 0.05) is 44.9 Å². The minimum atomic E-state index is 0.232. The topological polar surface area (TPSA) is 41.7 Å². The molecule has 0 radical (unpaired) electrons. The van der Waals surface area contributed by atoms with Crippen molar-refractivity contribution in [1.82, 2.24) is 9.80 Å². The molecule has 0 amide bonds. The molecule has 0 spiro atoms. The molecule has 1 aliphatic heterocycles. The van der Waals surface area contributed by atoms with E-state index in [-0.39, 0.29) is 5.54 Å². The summed E-state index contributed by atoms with van der Waals surface area (Å²) in [5.41, 5.74) is 6.26. The lowest BCUT2D eigenvalue weighted by molar-refractivity contribution is -0.106. The molecule has 1 heterocycles. The van der Waals surface area contributed by atoms with Crippen LogP contribution in [0.3, 0.4) is 0 Å². The van der Waals surface area contributed by atoms with E-state index >= 15 is 0 Å². The zero-order valence-corrected chi connectivity index (χ0v) is 11.5. The van der Waals surface area contributed by atoms with Crippen LogP contribution in [-0.2, 0) is 4.74 Å². The molecule has 4 nitrogen and oxygen atoms in total. The van der Waals surface area contributed by atoms with Crippen LogP contribution in [0.4, 0.5) is 0 Å². The largest absolute Gasteiger partial charge is 0.381 e. The first-order valence-corrected chi connectivity index (χ1v) is 6.83. The molecule has 1 unspecified atom stereocenters. The molecule has 100 valence electrons. The number of nitrogens with two attached hydrogens (primary N) is 1. The molecule has 2 fully saturated rings. The number of likely N-dealkylation sites (N-methyl/N-ethyl adjacent to an activating group) is 1. The van der Waals surface area contributed by atoms with Crippen molar-refractivity contribution in [3.05, 3.63) is 0 Å². The number of ether oxygens (including phenoxy) is 1. The molecule has 2 aliphatic rings. The van der Waals surface area contributed by atoms with E-state index in [1.54, 1.807) is 0 Å². The summed E-state index contributed by atoms with van der Waals surface area (Å²) < 4.78 is 5.42. The maximum Gasteiger partial charge on any atom is 0.0607 e. The maximum atomic E-state index is 6.03. The van der Waals surface area contributed by atoms with E-state index < -0.39 is 0 Å². The van der Waals surface area contributed by atoms with Crippen LogP contribution in [0.5, 0.6) is 0 Å². The summed E-state index contributed by atoms with van der Waals surface area (Å²) in [5, 5.41) is 0. The van der Waals surface area contributed by atoms with Gasteiger partial charge in [-0.3, -0.25) is 4.90 Å². The molecule has 17 heavy (non-hydrogen) atoms. The third kappa shape index (κ3) is 2.36. The van der Waals surface area contributed by atoms with Crippen molar-refractivity contribution in [2.45, 2.75) is 43.9 Å². The fraction of sp³-hybridized carbons (Fsp3) is 1.00. The van der Waals surface area contributed by atoms with Gasteiger partial charge in [-0.1, -0.05) is 6.92 Å². The van der Waals surface area contributed by atoms with Gasteiger partial charge in [-0.2, -0.15) is 0 Å². The zero-order chi connectivity index (χ0) is 12.5. The highest BCUT2D eigenvalue weighted by Gasteiger charge is 2.49. The van der Waals surface area contributed by atoms with Crippen LogP contribution in [0.1, 0.15) is 26.2 Å². The van der Waals surface area contributed by atoms with Crippen molar-refractivity contribution < 1.29 is 4.74 Å². The predicted octanol–water partition coefficient (Wildman–Crippen LogP) is 0.519. The second-order valence-electron chi connectivity index (χ2n) is 5.68. The first kappa shape index (κ1) is 13.3. The standard InChI is InChI=1S/C13H27N3O/c1-4-11-9-16(6-5-15(11)2)13(10-14)7-12(8-13)17-3/h11-12H,4-10,14H2,1-3H3. The average Bonchev–Trinajstić information content (AvgIpc) is 2.30. The zero-order valence-electron chi connectivity index (χ0n) is 11.5. The van der Waals surface area contributed by atoms with Crippen LogP contribution >= 0.6 is 0 Å². The van der Waals surface area contributed by atoms with Crippen LogP contribution < -0.4 is 5.73 Å². The minimum absolute atomic E-state index is 0.232. The summed E-state index contributed by atoms with van der Waals surface area (Å²) in [6.07, 6.45) is 3.88. The fourth-order valence-corrected chi connectivity index (χ4v) is 3.33. The summed E-state index contributed by atoms with van der Waals surface area (Å²) in [6, 6.07) is 0.689. The molecule has 1 saturated heterocycles. The Bertz CT molecular complexity index is 253. The van der Waals surface area contributed by atoms with Gasteiger partial charge in [0.1, 0.15) is 0 Å². The predicted molar refractivity (Wildman–Crippen MR) is 70.1 cm³/mol. The van der Waals surface area contributed by atoms with Crippen molar-refractivity contribution in [3.8, 4) is 0 Å². The highest BCUT2D eigenvalue weighted by molar-refractivity contribution is 5.06. The Morgan fingerprint density at radius 2 is 2.06 bits per heavy atom. The first-order chi connectivity index (χ1) is 8.15. The molecule has 0 aromatic carbocycles. The normalized spacial score (nSPS) is 40.2. The van der Waals surface area contributed by atoms with Gasteiger partial charge < -0.3 is 15.4 Å². The number of hydrogen-bond acceptors (Lipinski definition) is 4. The minimum Gasteiger partial charge on any atom is -0.381 e. The smallest absolute Gasteiger partial charge is 0.0607 e. The van der Waals surface area contributed by atoms with Crippen LogP contribution in [0.2, 0.25) is 0 Å². The van der Waals surface area contributed by atoms with Gasteiger partial charge in [0.15, 0.2) is 0 Å². The van der Waals surface area contributed by atoms with Crippen LogP contribution in [0.25, 0.3) is 0 Å². The van der Waals surface area contributed by atoms with E-state index in [1.165, 1.54) is 13.0 Å². The van der Waals surface area contributed by atoms with E-state index in [2.05, 4.69) is 23.8 Å². The molecule has 1 atom stereocenters. The van der Waals surface area contributed by atoms with Gasteiger partial charge in [-0.15, -0.1) is 0 Å². The quantitative estimate of drug-likeness (QED) is 0.779. The SMILES string of the molecule is CCC1CN(C2(CN)CC(OC)C2)CCN1C. The van der Waals surface area contributed by atoms with E-state index in [4.69, 9.17) is 10.5 Å². The van der Waals surface area contributed by atoms with E-state index in [1.807, 2.05) is 7.11 Å². The third-order valence-electron chi connectivity index (χ3n) is 4.85. The molecule has 2 N–H and O–H groups in total. The Kier molecular flexibility index (Phi) is 4.08. The molecule has 2 rings (SSSR count). The second kappa shape index (κ2) is 5.22. The molecule has 1 aliphatic carbocycles. The van der Waals surface area contributed by atoms with Crippen molar-refractivity contribution in [2.24, 2.45) is 5.73 Å². The third-order valence-corrected chi connectivity index (χ3v) is 4.85. The van der Waals surface area contributed by atoms with Gasteiger partial charge in [0.05, 0.1) is 6.10 Å². The van der Waals surface area contributed by atoms with Gasteiger partial charge >= 0.3 is 0 Å². The van der Waals surface area contributed by atoms with Gasteiger partial charge in [-0.25, -0.2) is 0 Å². The molecule has 4 heteroatoms. The summed E-state index contributed by atoms with van der Waals surface area (Å²) in [7, 11) is 4.04. The number of rotatable bonds is 4. The highest BCUT2D eigenvalue weighted by atomic mass is 16.5. The molecule has 0 aromatic rings. The van der Waals surface area contributed by atoms with Crippen LogP contribution in [0.15, 0.2) is 0 Å².